The topological polar surface area (TPSA) is 68.0 Å². The second kappa shape index (κ2) is 8.93. The number of alkyl halides is 3. The lowest BCUT2D eigenvalue weighted by Gasteiger charge is -2.12. The largest absolute Gasteiger partial charge is 0.493 e. The summed E-state index contributed by atoms with van der Waals surface area (Å²) in [5.41, 5.74) is 0.279. The van der Waals surface area contributed by atoms with E-state index in [0.29, 0.717) is 17.2 Å². The number of rotatable bonds is 6. The van der Waals surface area contributed by atoms with Crippen molar-refractivity contribution in [2.24, 2.45) is 0 Å². The molecule has 0 N–H and O–H groups in total. The molecule has 0 saturated heterocycles. The van der Waals surface area contributed by atoms with Crippen molar-refractivity contribution in [1.82, 2.24) is 9.97 Å². The molecule has 0 radical (unpaired) electrons. The van der Waals surface area contributed by atoms with Crippen LogP contribution in [-0.2, 0) is 11.9 Å². The summed E-state index contributed by atoms with van der Waals surface area (Å²) >= 11 is 2.46. The van der Waals surface area contributed by atoms with Gasteiger partial charge in [0.1, 0.15) is 16.1 Å². The zero-order valence-electron chi connectivity index (χ0n) is 16.2. The lowest BCUT2D eigenvalue weighted by molar-refractivity contribution is -0.138. The Hall–Kier alpha value is -2.77. The van der Waals surface area contributed by atoms with E-state index < -0.39 is 17.3 Å². The third-order valence-electron chi connectivity index (χ3n) is 4.07. The molecule has 0 fully saturated rings. The van der Waals surface area contributed by atoms with Crippen molar-refractivity contribution in [3.63, 3.8) is 0 Å². The van der Waals surface area contributed by atoms with Gasteiger partial charge in [0.05, 0.1) is 31.0 Å². The van der Waals surface area contributed by atoms with E-state index in [4.69, 9.17) is 9.47 Å². The molecule has 30 heavy (non-hydrogen) atoms. The summed E-state index contributed by atoms with van der Waals surface area (Å²) in [7, 11) is 3.09. The molecule has 0 bridgehead atoms. The molecule has 0 saturated carbocycles. The van der Waals surface area contributed by atoms with E-state index in [1.165, 1.54) is 18.3 Å². The van der Waals surface area contributed by atoms with Crippen LogP contribution in [0.15, 0.2) is 34.7 Å². The van der Waals surface area contributed by atoms with Crippen molar-refractivity contribution in [2.75, 3.05) is 14.2 Å². The van der Waals surface area contributed by atoms with Crippen LogP contribution in [0.4, 0.5) is 13.2 Å². The number of hydrogen-bond acceptors (Lipinski definition) is 7. The van der Waals surface area contributed by atoms with E-state index in [-0.39, 0.29) is 16.5 Å². The lowest BCUT2D eigenvalue weighted by atomic mass is 10.1. The highest BCUT2D eigenvalue weighted by Crippen LogP contribution is 2.37. The van der Waals surface area contributed by atoms with E-state index in [2.05, 4.69) is 9.97 Å². The van der Waals surface area contributed by atoms with Gasteiger partial charge in [-0.2, -0.15) is 18.4 Å². The smallest absolute Gasteiger partial charge is 0.417 e. The van der Waals surface area contributed by atoms with Gasteiger partial charge in [0.15, 0.2) is 11.5 Å². The van der Waals surface area contributed by atoms with Gasteiger partial charge in [-0.25, -0.2) is 9.97 Å². The number of thioether (sulfide) groups is 1. The van der Waals surface area contributed by atoms with Gasteiger partial charge in [0, 0.05) is 22.4 Å². The van der Waals surface area contributed by atoms with Gasteiger partial charge in [0.2, 0.25) is 0 Å². The van der Waals surface area contributed by atoms with E-state index >= 15 is 0 Å². The minimum absolute atomic E-state index is 0.0468. The number of thiazole rings is 1. The van der Waals surface area contributed by atoms with E-state index in [1.54, 1.807) is 32.4 Å². The fourth-order valence-corrected chi connectivity index (χ4v) is 4.56. The van der Waals surface area contributed by atoms with Gasteiger partial charge in [-0.3, -0.25) is 0 Å². The molecular weight excluding hydrogens is 435 g/mol. The zero-order chi connectivity index (χ0) is 21.9. The van der Waals surface area contributed by atoms with Gasteiger partial charge in [0.25, 0.3) is 0 Å². The Balaban J connectivity index is 1.83. The molecule has 0 amide bonds. The molecule has 10 heteroatoms. The zero-order valence-corrected chi connectivity index (χ0v) is 17.8. The fraction of sp³-hybridized carbons (Fsp3) is 0.250. The number of aryl methyl sites for hydroxylation is 1. The summed E-state index contributed by atoms with van der Waals surface area (Å²) < 4.78 is 50.3. The van der Waals surface area contributed by atoms with Crippen LogP contribution in [0.1, 0.15) is 22.5 Å². The first-order chi connectivity index (χ1) is 14.3. The van der Waals surface area contributed by atoms with Crippen molar-refractivity contribution in [2.45, 2.75) is 23.9 Å². The number of nitrogens with zero attached hydrogens (tertiary/aromatic N) is 3. The number of pyridine rings is 1. The molecule has 0 unspecified atom stereocenters. The van der Waals surface area contributed by atoms with Crippen LogP contribution in [0.3, 0.4) is 0 Å². The molecule has 3 aromatic rings. The monoisotopic (exact) mass is 451 g/mol. The number of aromatic nitrogens is 2. The minimum Gasteiger partial charge on any atom is -0.493 e. The molecule has 0 aliphatic heterocycles. The Kier molecular flexibility index (Phi) is 6.53. The number of methoxy groups -OCH3 is 2. The summed E-state index contributed by atoms with van der Waals surface area (Å²) in [6.07, 6.45) is -4.62. The molecule has 1 aromatic carbocycles. The van der Waals surface area contributed by atoms with Gasteiger partial charge in [-0.15, -0.1) is 11.3 Å². The Morgan fingerprint density at radius 3 is 2.50 bits per heavy atom. The van der Waals surface area contributed by atoms with Gasteiger partial charge >= 0.3 is 6.18 Å². The fourth-order valence-electron chi connectivity index (χ4n) is 2.70. The van der Waals surface area contributed by atoms with Crippen LogP contribution in [0.25, 0.3) is 10.6 Å². The highest BCUT2D eigenvalue weighted by Gasteiger charge is 2.35. The predicted molar refractivity (Wildman–Crippen MR) is 109 cm³/mol. The molecule has 5 nitrogen and oxygen atoms in total. The van der Waals surface area contributed by atoms with Crippen molar-refractivity contribution in [3.05, 3.63) is 52.2 Å². The minimum atomic E-state index is -4.62. The first-order valence-electron chi connectivity index (χ1n) is 8.55. The van der Waals surface area contributed by atoms with Crippen LogP contribution in [0.5, 0.6) is 11.5 Å². The summed E-state index contributed by atoms with van der Waals surface area (Å²) in [4.78, 5) is 8.67. The Bertz CT molecular complexity index is 1110. The standard InChI is InChI=1S/C20H16F3N3O2S2/c1-11-6-15(20(21,22)23)14(8-24)19(25-11)30-10-13-9-29-18(26-13)12-4-5-16(27-2)17(7-12)28-3/h4-7,9H,10H2,1-3H3. The molecule has 0 aliphatic rings. The number of benzene rings is 1. The van der Waals surface area contributed by atoms with Crippen molar-refractivity contribution in [1.29, 1.82) is 5.26 Å². The summed E-state index contributed by atoms with van der Waals surface area (Å²) in [5, 5.41) is 11.9. The first-order valence-corrected chi connectivity index (χ1v) is 10.4. The third kappa shape index (κ3) is 4.68. The van der Waals surface area contributed by atoms with Gasteiger partial charge in [-0.05, 0) is 31.2 Å². The van der Waals surface area contributed by atoms with E-state index in [9.17, 15) is 18.4 Å². The van der Waals surface area contributed by atoms with Crippen LogP contribution >= 0.6 is 23.1 Å². The van der Waals surface area contributed by atoms with Crippen molar-refractivity contribution < 1.29 is 22.6 Å². The second-order valence-electron chi connectivity index (χ2n) is 6.10. The molecule has 2 aromatic heterocycles. The quantitative estimate of drug-likeness (QED) is 0.447. The van der Waals surface area contributed by atoms with Gasteiger partial charge in [-0.1, -0.05) is 11.8 Å². The highest BCUT2D eigenvalue weighted by molar-refractivity contribution is 7.98. The number of halogens is 3. The van der Waals surface area contributed by atoms with Crippen LogP contribution in [-0.4, -0.2) is 24.2 Å². The normalized spacial score (nSPS) is 11.2. The Morgan fingerprint density at radius 1 is 1.13 bits per heavy atom. The number of hydrogen-bond donors (Lipinski definition) is 0. The molecule has 3 rings (SSSR count). The molecule has 0 aliphatic carbocycles. The van der Waals surface area contributed by atoms with Crippen molar-refractivity contribution >= 4 is 23.1 Å². The van der Waals surface area contributed by atoms with E-state index in [1.807, 2.05) is 11.4 Å². The third-order valence-corrected chi connectivity index (χ3v) is 6.02. The van der Waals surface area contributed by atoms with E-state index in [0.717, 1.165) is 28.4 Å². The lowest BCUT2D eigenvalue weighted by Crippen LogP contribution is -2.10. The highest BCUT2D eigenvalue weighted by atomic mass is 32.2. The molecule has 0 atom stereocenters. The predicted octanol–water partition coefficient (Wildman–Crippen LogP) is 5.71. The number of ether oxygens (including phenoxy) is 2. The Labute approximate surface area is 179 Å². The summed E-state index contributed by atoms with van der Waals surface area (Å²) in [5.74, 6) is 1.46. The average Bonchev–Trinajstić information content (AvgIpc) is 3.19. The van der Waals surface area contributed by atoms with Crippen LogP contribution in [0, 0.1) is 18.3 Å². The SMILES string of the molecule is COc1ccc(-c2nc(CSc3nc(C)cc(C(F)(F)F)c3C#N)cs2)cc1OC. The average molecular weight is 451 g/mol. The Morgan fingerprint density at radius 2 is 1.87 bits per heavy atom. The maximum absolute atomic E-state index is 13.2. The maximum atomic E-state index is 13.2. The summed E-state index contributed by atoms with van der Waals surface area (Å²) in [6, 6.07) is 7.96. The molecule has 0 spiro atoms. The summed E-state index contributed by atoms with van der Waals surface area (Å²) in [6.45, 7) is 1.47. The number of nitriles is 1. The van der Waals surface area contributed by atoms with Crippen molar-refractivity contribution in [3.8, 4) is 28.1 Å². The molecule has 2 heterocycles. The molecule has 156 valence electrons. The first kappa shape index (κ1) is 21.9. The van der Waals surface area contributed by atoms with Crippen LogP contribution < -0.4 is 9.47 Å². The van der Waals surface area contributed by atoms with Crippen LogP contribution in [0.2, 0.25) is 0 Å². The maximum Gasteiger partial charge on any atom is 0.417 e. The second-order valence-corrected chi connectivity index (χ2v) is 7.93. The van der Waals surface area contributed by atoms with Gasteiger partial charge < -0.3 is 9.47 Å². The molecular formula is C20H16F3N3O2S2.